The van der Waals surface area contributed by atoms with Gasteiger partial charge in [-0.15, -0.1) is 0 Å². The number of aromatic nitrogens is 4. The van der Waals surface area contributed by atoms with Crippen molar-refractivity contribution in [2.24, 2.45) is 7.05 Å². The average Bonchev–Trinajstić information content (AvgIpc) is 3.31. The number of hydrogen-bond donors (Lipinski definition) is 0. The van der Waals surface area contributed by atoms with Crippen LogP contribution < -0.4 is 0 Å². The molecule has 1 fully saturated rings. The Hall–Kier alpha value is -2.47. The van der Waals surface area contributed by atoms with Crippen molar-refractivity contribution in [2.75, 3.05) is 6.54 Å². The fourth-order valence-corrected chi connectivity index (χ4v) is 3.81. The zero-order valence-electron chi connectivity index (χ0n) is 14.9. The lowest BCUT2D eigenvalue weighted by molar-refractivity contribution is 0.237. The Morgan fingerprint density at radius 3 is 2.72 bits per heavy atom. The number of hydrogen-bond acceptors (Lipinski definition) is 5. The first-order valence-electron chi connectivity index (χ1n) is 8.75. The molecule has 1 aromatic carbocycles. The number of aryl methyl sites for hydroxylation is 2. The van der Waals surface area contributed by atoms with E-state index >= 15 is 0 Å². The summed E-state index contributed by atoms with van der Waals surface area (Å²) < 4.78 is 7.42. The van der Waals surface area contributed by atoms with Gasteiger partial charge in [-0.3, -0.25) is 9.58 Å². The van der Waals surface area contributed by atoms with Crippen molar-refractivity contribution in [3.05, 3.63) is 53.1 Å². The van der Waals surface area contributed by atoms with Gasteiger partial charge in [-0.05, 0) is 45.4 Å². The van der Waals surface area contributed by atoms with Gasteiger partial charge in [0, 0.05) is 29.9 Å². The minimum absolute atomic E-state index is 0.382. The Morgan fingerprint density at radius 1 is 1.20 bits per heavy atom. The van der Waals surface area contributed by atoms with Gasteiger partial charge < -0.3 is 4.52 Å². The van der Waals surface area contributed by atoms with Crippen LogP contribution in [0.25, 0.3) is 11.5 Å². The van der Waals surface area contributed by atoms with Crippen molar-refractivity contribution in [1.29, 1.82) is 0 Å². The topological polar surface area (TPSA) is 60.0 Å². The van der Waals surface area contributed by atoms with Crippen LogP contribution in [0.2, 0.25) is 0 Å². The van der Waals surface area contributed by atoms with E-state index in [1.807, 2.05) is 42.1 Å². The van der Waals surface area contributed by atoms with Crippen LogP contribution in [0.3, 0.4) is 0 Å². The highest BCUT2D eigenvalue weighted by Gasteiger charge is 2.31. The predicted octanol–water partition coefficient (Wildman–Crippen LogP) is 3.42. The van der Waals surface area contributed by atoms with Crippen LogP contribution in [-0.4, -0.2) is 31.4 Å². The van der Waals surface area contributed by atoms with Crippen LogP contribution in [0, 0.1) is 13.8 Å². The molecule has 0 spiro atoms. The molecule has 0 bridgehead atoms. The second kappa shape index (κ2) is 6.44. The quantitative estimate of drug-likeness (QED) is 0.730. The third-order valence-corrected chi connectivity index (χ3v) is 5.10. The Morgan fingerprint density at radius 2 is 2.00 bits per heavy atom. The molecule has 1 aliphatic heterocycles. The van der Waals surface area contributed by atoms with Crippen LogP contribution >= 0.6 is 0 Å². The van der Waals surface area contributed by atoms with Crippen molar-refractivity contribution >= 4 is 0 Å². The van der Waals surface area contributed by atoms with E-state index < -0.39 is 0 Å². The minimum Gasteiger partial charge on any atom is -0.334 e. The summed E-state index contributed by atoms with van der Waals surface area (Å²) in [7, 11) is 2.01. The second-order valence-corrected chi connectivity index (χ2v) is 6.72. The van der Waals surface area contributed by atoms with Gasteiger partial charge in [0.15, 0.2) is 5.82 Å². The molecule has 1 aliphatic rings. The zero-order chi connectivity index (χ0) is 17.4. The molecule has 6 nitrogen and oxygen atoms in total. The lowest BCUT2D eigenvalue weighted by atomic mass is 10.0. The number of benzene rings is 1. The largest absolute Gasteiger partial charge is 0.334 e. The summed E-state index contributed by atoms with van der Waals surface area (Å²) in [5, 5.41) is 8.77. The van der Waals surface area contributed by atoms with Crippen LogP contribution in [0.4, 0.5) is 0 Å². The molecule has 130 valence electrons. The molecule has 1 atom stereocenters. The molecule has 1 saturated heterocycles. The molecule has 0 saturated carbocycles. The smallest absolute Gasteiger partial charge is 0.257 e. The van der Waals surface area contributed by atoms with E-state index in [0.29, 0.717) is 18.5 Å². The lowest BCUT2D eigenvalue weighted by Gasteiger charge is -2.23. The first-order valence-corrected chi connectivity index (χ1v) is 8.75. The molecule has 3 aromatic rings. The third-order valence-electron chi connectivity index (χ3n) is 5.10. The maximum absolute atomic E-state index is 5.45. The number of rotatable bonds is 4. The minimum atomic E-state index is 0.382. The first kappa shape index (κ1) is 16.0. The van der Waals surface area contributed by atoms with Crippen molar-refractivity contribution in [2.45, 2.75) is 39.3 Å². The molecule has 0 radical (unpaired) electrons. The predicted molar refractivity (Wildman–Crippen MR) is 94.8 cm³/mol. The van der Waals surface area contributed by atoms with Crippen molar-refractivity contribution < 1.29 is 4.52 Å². The second-order valence-electron chi connectivity index (χ2n) is 6.72. The van der Waals surface area contributed by atoms with E-state index in [0.717, 1.165) is 30.0 Å². The van der Waals surface area contributed by atoms with Gasteiger partial charge in [0.05, 0.1) is 12.2 Å². The summed E-state index contributed by atoms with van der Waals surface area (Å²) in [4.78, 5) is 7.02. The molecule has 2 aromatic heterocycles. The normalized spacial score (nSPS) is 18.1. The molecular formula is C19H23N5O. The van der Waals surface area contributed by atoms with Gasteiger partial charge >= 0.3 is 0 Å². The van der Waals surface area contributed by atoms with E-state index in [4.69, 9.17) is 4.52 Å². The van der Waals surface area contributed by atoms with Gasteiger partial charge in [-0.1, -0.05) is 23.4 Å². The van der Waals surface area contributed by atoms with E-state index in [1.54, 1.807) is 0 Å². The molecule has 0 unspecified atom stereocenters. The molecule has 4 rings (SSSR count). The van der Waals surface area contributed by atoms with Crippen LogP contribution in [0.15, 0.2) is 34.9 Å². The van der Waals surface area contributed by atoms with Crippen LogP contribution in [0.1, 0.15) is 41.7 Å². The van der Waals surface area contributed by atoms with E-state index in [2.05, 4.69) is 34.0 Å². The van der Waals surface area contributed by atoms with Gasteiger partial charge in [-0.25, -0.2) is 0 Å². The Labute approximate surface area is 147 Å². The molecule has 25 heavy (non-hydrogen) atoms. The summed E-state index contributed by atoms with van der Waals surface area (Å²) in [5.74, 6) is 1.32. The van der Waals surface area contributed by atoms with Crippen molar-refractivity contribution in [3.8, 4) is 11.5 Å². The molecule has 3 heterocycles. The maximum Gasteiger partial charge on any atom is 0.257 e. The molecule has 0 aliphatic carbocycles. The summed E-state index contributed by atoms with van der Waals surface area (Å²) in [6.45, 7) is 6.00. The monoisotopic (exact) mass is 337 g/mol. The highest BCUT2D eigenvalue weighted by Crippen LogP contribution is 2.36. The van der Waals surface area contributed by atoms with E-state index in [1.165, 1.54) is 17.7 Å². The van der Waals surface area contributed by atoms with Crippen molar-refractivity contribution in [3.63, 3.8) is 0 Å². The average molecular weight is 337 g/mol. The van der Waals surface area contributed by atoms with Gasteiger partial charge in [0.2, 0.25) is 0 Å². The third kappa shape index (κ3) is 2.98. The van der Waals surface area contributed by atoms with E-state index in [9.17, 15) is 0 Å². The van der Waals surface area contributed by atoms with Gasteiger partial charge in [0.1, 0.15) is 0 Å². The number of nitrogens with zero attached hydrogens (tertiary/aromatic N) is 5. The van der Waals surface area contributed by atoms with Crippen molar-refractivity contribution in [1.82, 2.24) is 24.8 Å². The Balaban J connectivity index is 1.55. The standard InChI is InChI=1S/C19H23N5O/c1-13-18(14(2)23(3)21-13)16-10-7-11-24(16)12-17-20-19(25-22-17)15-8-5-4-6-9-15/h4-6,8-9,16H,7,10-12H2,1-3H3/t16-/m1/s1. The SMILES string of the molecule is Cc1nn(C)c(C)c1[C@H]1CCCN1Cc1noc(-c2ccccc2)n1. The molecule has 0 amide bonds. The summed E-state index contributed by atoms with van der Waals surface area (Å²) in [6, 6.07) is 10.3. The van der Waals surface area contributed by atoms with E-state index in [-0.39, 0.29) is 0 Å². The molecule has 6 heteroatoms. The van der Waals surface area contributed by atoms with Gasteiger partial charge in [-0.2, -0.15) is 10.1 Å². The Kier molecular flexibility index (Phi) is 4.13. The van der Waals surface area contributed by atoms with Crippen LogP contribution in [-0.2, 0) is 13.6 Å². The zero-order valence-corrected chi connectivity index (χ0v) is 14.9. The highest BCUT2D eigenvalue weighted by atomic mass is 16.5. The number of likely N-dealkylation sites (tertiary alicyclic amines) is 1. The fourth-order valence-electron chi connectivity index (χ4n) is 3.81. The summed E-state index contributed by atoms with van der Waals surface area (Å²) in [6.07, 6.45) is 2.33. The Bertz CT molecular complexity index is 867. The summed E-state index contributed by atoms with van der Waals surface area (Å²) in [5.41, 5.74) is 4.67. The van der Waals surface area contributed by atoms with Gasteiger partial charge in [0.25, 0.3) is 5.89 Å². The first-order chi connectivity index (χ1) is 12.1. The lowest BCUT2D eigenvalue weighted by Crippen LogP contribution is -2.24. The highest BCUT2D eigenvalue weighted by molar-refractivity contribution is 5.51. The molecule has 0 N–H and O–H groups in total. The van der Waals surface area contributed by atoms with Crippen LogP contribution in [0.5, 0.6) is 0 Å². The maximum atomic E-state index is 5.45. The summed E-state index contributed by atoms with van der Waals surface area (Å²) >= 11 is 0. The fraction of sp³-hybridized carbons (Fsp3) is 0.421. The molecular weight excluding hydrogens is 314 g/mol.